The first-order valence-electron chi connectivity index (χ1n) is 6.20. The summed E-state index contributed by atoms with van der Waals surface area (Å²) >= 11 is 0. The summed E-state index contributed by atoms with van der Waals surface area (Å²) in [4.78, 5) is 11.1. The van der Waals surface area contributed by atoms with Crippen LogP contribution in [0.5, 0.6) is 0 Å². The Hall–Kier alpha value is -1.16. The van der Waals surface area contributed by atoms with Crippen LogP contribution in [-0.4, -0.2) is 35.0 Å². The largest absolute Gasteiger partial charge is 0.368 e. The molecular weight excluding hydrogens is 212 g/mol. The van der Waals surface area contributed by atoms with Crippen LogP contribution in [0.2, 0.25) is 0 Å². The van der Waals surface area contributed by atoms with E-state index >= 15 is 0 Å². The lowest BCUT2D eigenvalue weighted by Crippen LogP contribution is -2.18. The molecule has 0 amide bonds. The SMILES string of the molecule is CN1CC[C@@H](c2cc(C(C)(C)C)nc(N)n2)C1. The fraction of sp³-hybridized carbons (Fsp3) is 0.692. The molecule has 0 unspecified atom stereocenters. The summed E-state index contributed by atoms with van der Waals surface area (Å²) in [5.74, 6) is 0.911. The molecule has 1 aromatic heterocycles. The summed E-state index contributed by atoms with van der Waals surface area (Å²) in [5, 5.41) is 0. The van der Waals surface area contributed by atoms with Crippen LogP contribution in [-0.2, 0) is 5.41 Å². The number of anilines is 1. The van der Waals surface area contributed by atoms with Crippen LogP contribution < -0.4 is 5.73 Å². The Bertz CT molecular complexity index is 408. The molecule has 1 aromatic rings. The van der Waals surface area contributed by atoms with E-state index in [1.165, 1.54) is 0 Å². The van der Waals surface area contributed by atoms with Crippen LogP contribution in [0.3, 0.4) is 0 Å². The number of nitrogens with two attached hydrogens (primary N) is 1. The van der Waals surface area contributed by atoms with Gasteiger partial charge in [-0.2, -0.15) is 0 Å². The Morgan fingerprint density at radius 3 is 2.59 bits per heavy atom. The molecule has 1 atom stereocenters. The monoisotopic (exact) mass is 234 g/mol. The van der Waals surface area contributed by atoms with E-state index in [0.29, 0.717) is 11.9 Å². The molecule has 0 spiro atoms. The molecular formula is C13H22N4. The first-order chi connectivity index (χ1) is 7.86. The van der Waals surface area contributed by atoms with Crippen molar-refractivity contribution in [3.8, 4) is 0 Å². The number of hydrogen-bond acceptors (Lipinski definition) is 4. The number of nitrogens with zero attached hydrogens (tertiary/aromatic N) is 3. The molecule has 94 valence electrons. The Labute approximate surface area is 103 Å². The number of aromatic nitrogens is 2. The van der Waals surface area contributed by atoms with Crippen molar-refractivity contribution in [1.29, 1.82) is 0 Å². The third-order valence-corrected chi connectivity index (χ3v) is 3.34. The molecule has 4 nitrogen and oxygen atoms in total. The van der Waals surface area contributed by atoms with Crippen LogP contribution >= 0.6 is 0 Å². The van der Waals surface area contributed by atoms with Crippen molar-refractivity contribution in [3.63, 3.8) is 0 Å². The zero-order valence-electron chi connectivity index (χ0n) is 11.2. The third kappa shape index (κ3) is 2.75. The molecule has 0 aliphatic carbocycles. The summed E-state index contributed by atoms with van der Waals surface area (Å²) in [7, 11) is 2.15. The van der Waals surface area contributed by atoms with Crippen LogP contribution in [0, 0.1) is 0 Å². The highest BCUT2D eigenvalue weighted by molar-refractivity contribution is 5.28. The first kappa shape index (κ1) is 12.3. The van der Waals surface area contributed by atoms with Crippen molar-refractivity contribution in [2.45, 2.75) is 38.5 Å². The Balaban J connectivity index is 2.32. The summed E-state index contributed by atoms with van der Waals surface area (Å²) in [6, 6.07) is 2.13. The van der Waals surface area contributed by atoms with E-state index in [1.54, 1.807) is 0 Å². The molecule has 4 heteroatoms. The predicted octanol–water partition coefficient (Wildman–Crippen LogP) is 1.78. The molecule has 2 rings (SSSR count). The number of likely N-dealkylation sites (N-methyl/N-ethyl adjacent to an activating group) is 1. The molecule has 1 aliphatic heterocycles. The Morgan fingerprint density at radius 2 is 2.06 bits per heavy atom. The van der Waals surface area contributed by atoms with E-state index in [9.17, 15) is 0 Å². The van der Waals surface area contributed by atoms with Crippen molar-refractivity contribution in [2.24, 2.45) is 0 Å². The van der Waals surface area contributed by atoms with Gasteiger partial charge in [-0.15, -0.1) is 0 Å². The topological polar surface area (TPSA) is 55.0 Å². The van der Waals surface area contributed by atoms with Gasteiger partial charge in [0, 0.05) is 17.9 Å². The summed E-state index contributed by atoms with van der Waals surface area (Å²) in [6.07, 6.45) is 1.16. The molecule has 0 bridgehead atoms. The summed E-state index contributed by atoms with van der Waals surface area (Å²) in [5.41, 5.74) is 7.99. The smallest absolute Gasteiger partial charge is 0.220 e. The molecule has 1 saturated heterocycles. The quantitative estimate of drug-likeness (QED) is 0.804. The van der Waals surface area contributed by atoms with E-state index in [2.05, 4.69) is 48.8 Å². The van der Waals surface area contributed by atoms with Crippen molar-refractivity contribution in [1.82, 2.24) is 14.9 Å². The van der Waals surface area contributed by atoms with Crippen LogP contribution in [0.4, 0.5) is 5.95 Å². The lowest BCUT2D eigenvalue weighted by molar-refractivity contribution is 0.410. The fourth-order valence-electron chi connectivity index (χ4n) is 2.26. The molecule has 2 N–H and O–H groups in total. The van der Waals surface area contributed by atoms with E-state index in [-0.39, 0.29) is 5.41 Å². The van der Waals surface area contributed by atoms with Crippen LogP contribution in [0.1, 0.15) is 44.5 Å². The Kier molecular flexibility index (Phi) is 3.08. The minimum absolute atomic E-state index is 0.0241. The van der Waals surface area contributed by atoms with Gasteiger partial charge in [-0.3, -0.25) is 0 Å². The van der Waals surface area contributed by atoms with Gasteiger partial charge in [0.15, 0.2) is 0 Å². The molecule has 0 aromatic carbocycles. The highest BCUT2D eigenvalue weighted by atomic mass is 15.1. The van der Waals surface area contributed by atoms with Gasteiger partial charge < -0.3 is 10.6 Å². The average molecular weight is 234 g/mol. The predicted molar refractivity (Wildman–Crippen MR) is 70.0 cm³/mol. The number of rotatable bonds is 1. The second-order valence-corrected chi connectivity index (χ2v) is 6.03. The normalized spacial score (nSPS) is 22.0. The highest BCUT2D eigenvalue weighted by Gasteiger charge is 2.25. The second kappa shape index (κ2) is 4.26. The minimum atomic E-state index is 0.0241. The van der Waals surface area contributed by atoms with Crippen LogP contribution in [0.15, 0.2) is 6.07 Å². The summed E-state index contributed by atoms with van der Waals surface area (Å²) < 4.78 is 0. The summed E-state index contributed by atoms with van der Waals surface area (Å²) in [6.45, 7) is 8.66. The van der Waals surface area contributed by atoms with E-state index < -0.39 is 0 Å². The number of nitrogen functional groups attached to an aromatic ring is 1. The highest BCUT2D eigenvalue weighted by Crippen LogP contribution is 2.28. The van der Waals surface area contributed by atoms with Gasteiger partial charge in [0.2, 0.25) is 5.95 Å². The maximum absolute atomic E-state index is 5.82. The third-order valence-electron chi connectivity index (χ3n) is 3.34. The lowest BCUT2D eigenvalue weighted by atomic mass is 9.90. The van der Waals surface area contributed by atoms with Crippen LogP contribution in [0.25, 0.3) is 0 Å². The minimum Gasteiger partial charge on any atom is -0.368 e. The standard InChI is InChI=1S/C13H22N4/c1-13(2,3)11-7-10(15-12(14)16-11)9-5-6-17(4)8-9/h7,9H,5-6,8H2,1-4H3,(H2,14,15,16)/t9-/m1/s1. The van der Waals surface area contributed by atoms with Gasteiger partial charge in [-0.25, -0.2) is 9.97 Å². The number of hydrogen-bond donors (Lipinski definition) is 1. The molecule has 0 saturated carbocycles. The molecule has 17 heavy (non-hydrogen) atoms. The van der Waals surface area contributed by atoms with Gasteiger partial charge >= 0.3 is 0 Å². The molecule has 0 radical (unpaired) electrons. The van der Waals surface area contributed by atoms with E-state index in [4.69, 9.17) is 5.73 Å². The first-order valence-corrected chi connectivity index (χ1v) is 6.20. The van der Waals surface area contributed by atoms with Gasteiger partial charge in [-0.1, -0.05) is 20.8 Å². The average Bonchev–Trinajstić information content (AvgIpc) is 2.62. The lowest BCUT2D eigenvalue weighted by Gasteiger charge is -2.20. The van der Waals surface area contributed by atoms with Crippen molar-refractivity contribution >= 4 is 5.95 Å². The van der Waals surface area contributed by atoms with Gasteiger partial charge in [0.25, 0.3) is 0 Å². The molecule has 1 aliphatic rings. The van der Waals surface area contributed by atoms with Gasteiger partial charge in [-0.05, 0) is 26.1 Å². The van der Waals surface area contributed by atoms with Gasteiger partial charge in [0.1, 0.15) is 0 Å². The molecule has 1 fully saturated rings. The van der Waals surface area contributed by atoms with Crippen molar-refractivity contribution in [2.75, 3.05) is 25.9 Å². The van der Waals surface area contributed by atoms with Crippen molar-refractivity contribution < 1.29 is 0 Å². The second-order valence-electron chi connectivity index (χ2n) is 6.03. The van der Waals surface area contributed by atoms with Crippen molar-refractivity contribution in [3.05, 3.63) is 17.5 Å². The maximum atomic E-state index is 5.82. The maximum Gasteiger partial charge on any atom is 0.220 e. The fourth-order valence-corrected chi connectivity index (χ4v) is 2.26. The van der Waals surface area contributed by atoms with E-state index in [1.807, 2.05) is 0 Å². The van der Waals surface area contributed by atoms with Gasteiger partial charge in [0.05, 0.1) is 11.4 Å². The van der Waals surface area contributed by atoms with E-state index in [0.717, 1.165) is 30.9 Å². The molecule has 2 heterocycles. The Morgan fingerprint density at radius 1 is 1.35 bits per heavy atom. The zero-order valence-corrected chi connectivity index (χ0v) is 11.2. The number of likely N-dealkylation sites (tertiary alicyclic amines) is 1. The zero-order chi connectivity index (χ0) is 12.6.